The molecule has 130 valence electrons. The Morgan fingerprint density at radius 3 is 2.88 bits per heavy atom. The van der Waals surface area contributed by atoms with Crippen LogP contribution >= 0.6 is 11.3 Å². The highest BCUT2D eigenvalue weighted by atomic mass is 32.1. The molecule has 2 atom stereocenters. The number of nitrogens with one attached hydrogen (secondary N) is 2. The minimum absolute atomic E-state index is 0.0410. The zero-order valence-electron chi connectivity index (χ0n) is 14.7. The molecule has 2 N–H and O–H groups in total. The molecule has 7 heteroatoms. The van der Waals surface area contributed by atoms with E-state index in [1.807, 2.05) is 19.4 Å². The zero-order valence-corrected chi connectivity index (χ0v) is 15.5. The van der Waals surface area contributed by atoms with E-state index in [1.165, 1.54) is 0 Å². The van der Waals surface area contributed by atoms with Gasteiger partial charge in [0.25, 0.3) is 0 Å². The van der Waals surface area contributed by atoms with E-state index in [1.54, 1.807) is 16.0 Å². The third-order valence-electron chi connectivity index (χ3n) is 4.22. The minimum atomic E-state index is -0.0410. The number of carbonyl (C=O) groups excluding carboxylic acids is 1. The largest absolute Gasteiger partial charge is 0.348 e. The quantitative estimate of drug-likeness (QED) is 0.890. The Labute approximate surface area is 146 Å². The summed E-state index contributed by atoms with van der Waals surface area (Å²) in [5.41, 5.74) is 2.18. The van der Waals surface area contributed by atoms with Crippen LogP contribution in [0.5, 0.6) is 0 Å². The molecular formula is C17H25N5OS. The standard InChI is InChI=1S/C17H25N5OS/c1-17(2,3)16-20-12(10-24-16)8-18-13-5-6-14(23)21-15(13)11-7-19-22(4)9-11/h7,9-10,13,15,18H,5-6,8H2,1-4H3,(H,21,23)/t13-,15+/m1/s1. The van der Waals surface area contributed by atoms with Crippen molar-refractivity contribution < 1.29 is 4.79 Å². The van der Waals surface area contributed by atoms with E-state index in [-0.39, 0.29) is 23.4 Å². The van der Waals surface area contributed by atoms with Crippen LogP contribution in [0.15, 0.2) is 17.8 Å². The van der Waals surface area contributed by atoms with Gasteiger partial charge in [0, 0.05) is 48.6 Å². The van der Waals surface area contributed by atoms with Gasteiger partial charge < -0.3 is 10.6 Å². The molecule has 0 saturated carbocycles. The van der Waals surface area contributed by atoms with Crippen molar-refractivity contribution in [1.29, 1.82) is 0 Å². The Bertz CT molecular complexity index is 715. The first-order valence-corrected chi connectivity index (χ1v) is 9.17. The average Bonchev–Trinajstić information content (AvgIpc) is 3.14. The zero-order chi connectivity index (χ0) is 17.3. The lowest BCUT2D eigenvalue weighted by atomic mass is 9.93. The van der Waals surface area contributed by atoms with Gasteiger partial charge in [0.05, 0.1) is 22.9 Å². The number of carbonyl (C=O) groups is 1. The predicted octanol–water partition coefficient (Wildman–Crippen LogP) is 2.28. The summed E-state index contributed by atoms with van der Waals surface area (Å²) in [6, 6.07) is 0.146. The number of aryl methyl sites for hydroxylation is 1. The Balaban J connectivity index is 1.68. The van der Waals surface area contributed by atoms with Crippen LogP contribution in [0.1, 0.15) is 55.9 Å². The molecule has 24 heavy (non-hydrogen) atoms. The lowest BCUT2D eigenvalue weighted by Gasteiger charge is -2.32. The van der Waals surface area contributed by atoms with Crippen molar-refractivity contribution in [3.63, 3.8) is 0 Å². The van der Waals surface area contributed by atoms with Crippen LogP contribution in [-0.4, -0.2) is 26.7 Å². The highest BCUT2D eigenvalue weighted by Gasteiger charge is 2.30. The second-order valence-corrected chi connectivity index (χ2v) is 8.27. The molecule has 1 saturated heterocycles. The second-order valence-electron chi connectivity index (χ2n) is 7.41. The van der Waals surface area contributed by atoms with E-state index in [4.69, 9.17) is 4.98 Å². The first-order chi connectivity index (χ1) is 11.3. The molecule has 1 fully saturated rings. The summed E-state index contributed by atoms with van der Waals surface area (Å²) in [7, 11) is 1.89. The number of nitrogens with zero attached hydrogens (tertiary/aromatic N) is 3. The lowest BCUT2D eigenvalue weighted by Crippen LogP contribution is -2.48. The summed E-state index contributed by atoms with van der Waals surface area (Å²) >= 11 is 1.71. The Kier molecular flexibility index (Phi) is 4.73. The maximum Gasteiger partial charge on any atom is 0.220 e. The molecule has 3 heterocycles. The Morgan fingerprint density at radius 1 is 1.46 bits per heavy atom. The number of hydrogen-bond acceptors (Lipinski definition) is 5. The number of amides is 1. The fraction of sp³-hybridized carbons (Fsp3) is 0.588. The summed E-state index contributed by atoms with van der Waals surface area (Å²) in [6.07, 6.45) is 5.16. The molecule has 0 bridgehead atoms. The fourth-order valence-electron chi connectivity index (χ4n) is 2.90. The van der Waals surface area contributed by atoms with E-state index in [0.717, 1.165) is 22.7 Å². The minimum Gasteiger partial charge on any atom is -0.348 e. The van der Waals surface area contributed by atoms with Crippen LogP contribution in [0.25, 0.3) is 0 Å². The maximum absolute atomic E-state index is 11.8. The third kappa shape index (κ3) is 3.84. The van der Waals surface area contributed by atoms with Crippen molar-refractivity contribution in [2.24, 2.45) is 7.05 Å². The van der Waals surface area contributed by atoms with E-state index in [2.05, 4.69) is 41.9 Å². The molecule has 3 rings (SSSR count). The number of rotatable bonds is 4. The van der Waals surface area contributed by atoms with E-state index in [9.17, 15) is 4.79 Å². The molecule has 0 radical (unpaired) electrons. The fourth-order valence-corrected chi connectivity index (χ4v) is 3.81. The first-order valence-electron chi connectivity index (χ1n) is 8.29. The molecule has 1 aliphatic heterocycles. The SMILES string of the molecule is Cn1cc([C@@H]2NC(=O)CC[C@H]2NCc2csc(C(C)(C)C)n2)cn1. The number of thiazole rings is 1. The number of aromatic nitrogens is 3. The Morgan fingerprint density at radius 2 is 2.25 bits per heavy atom. The van der Waals surface area contributed by atoms with Gasteiger partial charge in [0.15, 0.2) is 0 Å². The second kappa shape index (κ2) is 6.64. The molecule has 0 unspecified atom stereocenters. The normalized spacial score (nSPS) is 21.8. The molecule has 2 aromatic rings. The van der Waals surface area contributed by atoms with Gasteiger partial charge in [0.1, 0.15) is 0 Å². The summed E-state index contributed by atoms with van der Waals surface area (Å²) in [4.78, 5) is 16.5. The van der Waals surface area contributed by atoms with Gasteiger partial charge in [-0.1, -0.05) is 20.8 Å². The van der Waals surface area contributed by atoms with Crippen LogP contribution in [0, 0.1) is 0 Å². The molecule has 1 amide bonds. The Hall–Kier alpha value is -1.73. The molecular weight excluding hydrogens is 322 g/mol. The van der Waals surface area contributed by atoms with Crippen LogP contribution in [0.2, 0.25) is 0 Å². The molecule has 0 spiro atoms. The van der Waals surface area contributed by atoms with E-state index >= 15 is 0 Å². The van der Waals surface area contributed by atoms with Crippen molar-refractivity contribution in [1.82, 2.24) is 25.4 Å². The van der Waals surface area contributed by atoms with Gasteiger partial charge in [0.2, 0.25) is 5.91 Å². The van der Waals surface area contributed by atoms with Crippen molar-refractivity contribution >= 4 is 17.2 Å². The van der Waals surface area contributed by atoms with Crippen LogP contribution in [-0.2, 0) is 23.8 Å². The highest BCUT2D eigenvalue weighted by molar-refractivity contribution is 7.09. The first kappa shape index (κ1) is 17.1. The van der Waals surface area contributed by atoms with Crippen LogP contribution < -0.4 is 10.6 Å². The van der Waals surface area contributed by atoms with Crippen LogP contribution in [0.3, 0.4) is 0 Å². The smallest absolute Gasteiger partial charge is 0.220 e. The van der Waals surface area contributed by atoms with Gasteiger partial charge >= 0.3 is 0 Å². The van der Waals surface area contributed by atoms with Gasteiger partial charge in [-0.15, -0.1) is 11.3 Å². The van der Waals surface area contributed by atoms with Crippen molar-refractivity contribution in [2.75, 3.05) is 0 Å². The van der Waals surface area contributed by atoms with Gasteiger partial charge in [-0.2, -0.15) is 5.10 Å². The van der Waals surface area contributed by atoms with E-state index < -0.39 is 0 Å². The monoisotopic (exact) mass is 347 g/mol. The average molecular weight is 347 g/mol. The summed E-state index contributed by atoms with van der Waals surface area (Å²) in [6.45, 7) is 7.25. The predicted molar refractivity (Wildman–Crippen MR) is 94.8 cm³/mol. The molecule has 0 aliphatic carbocycles. The number of piperidine rings is 1. The maximum atomic E-state index is 11.8. The molecule has 0 aromatic carbocycles. The summed E-state index contributed by atoms with van der Waals surface area (Å²) in [5, 5.41) is 14.2. The highest BCUT2D eigenvalue weighted by Crippen LogP contribution is 2.27. The molecule has 1 aliphatic rings. The van der Waals surface area contributed by atoms with Gasteiger partial charge in [-0.3, -0.25) is 9.48 Å². The van der Waals surface area contributed by atoms with Gasteiger partial charge in [-0.25, -0.2) is 4.98 Å². The molecule has 6 nitrogen and oxygen atoms in total. The topological polar surface area (TPSA) is 71.8 Å². The summed E-state index contributed by atoms with van der Waals surface area (Å²) in [5.74, 6) is 0.102. The molecule has 2 aromatic heterocycles. The lowest BCUT2D eigenvalue weighted by molar-refractivity contribution is -0.123. The van der Waals surface area contributed by atoms with Crippen LogP contribution in [0.4, 0.5) is 0 Å². The van der Waals surface area contributed by atoms with Crippen molar-refractivity contribution in [2.45, 2.75) is 57.7 Å². The summed E-state index contributed by atoms with van der Waals surface area (Å²) < 4.78 is 1.77. The van der Waals surface area contributed by atoms with Gasteiger partial charge in [-0.05, 0) is 6.42 Å². The van der Waals surface area contributed by atoms with E-state index in [0.29, 0.717) is 13.0 Å². The third-order valence-corrected chi connectivity index (χ3v) is 5.54. The number of hydrogen-bond donors (Lipinski definition) is 2. The van der Waals surface area contributed by atoms with Crippen molar-refractivity contribution in [3.05, 3.63) is 34.0 Å². The van der Waals surface area contributed by atoms with Crippen molar-refractivity contribution in [3.8, 4) is 0 Å².